The van der Waals surface area contributed by atoms with Crippen LogP contribution in [-0.4, -0.2) is 64.2 Å². The van der Waals surface area contributed by atoms with Gasteiger partial charge in [-0.1, -0.05) is 111 Å². The van der Waals surface area contributed by atoms with Gasteiger partial charge < -0.3 is 19.1 Å². The van der Waals surface area contributed by atoms with Crippen molar-refractivity contribution in [2.24, 2.45) is 46.3 Å². The van der Waals surface area contributed by atoms with E-state index in [0.29, 0.717) is 23.0 Å². The molecule has 3 saturated carbocycles. The fraction of sp³-hybridized carbons (Fsp3) is 0.956. The first-order valence-corrected chi connectivity index (χ1v) is 21.7. The summed E-state index contributed by atoms with van der Waals surface area (Å²) in [5.74, 6) is 5.51. The molecule has 0 spiro atoms. The Morgan fingerprint density at radius 3 is 2.10 bits per heavy atom. The summed E-state index contributed by atoms with van der Waals surface area (Å²) in [6.07, 6.45) is 29.9. The van der Waals surface area contributed by atoms with Gasteiger partial charge in [0, 0.05) is 19.8 Å². The summed E-state index contributed by atoms with van der Waals surface area (Å²) < 4.78 is 18.5. The average molecular weight is 686 g/mol. The standard InChI is InChI=1S/C45H83NO3/c1-9-10-15-29-47-33-38(46(7)8)34-48-30-16-13-11-12-14-17-31-49-39-25-27-44(5)37(32-39)21-22-40-42-24-23-41(36(4)20-18-19-35(2)3)45(42,6)28-26-43(40)44/h21,35-36,38-43H,9-20,22-34H2,1-8H3/t36-,38-,39+,40+,41-,42+,43+,44+,45-/m1/s1. The third-order valence-electron chi connectivity index (χ3n) is 14.5. The molecule has 9 atom stereocenters. The van der Waals surface area contributed by atoms with Crippen LogP contribution in [0.15, 0.2) is 11.6 Å². The van der Waals surface area contributed by atoms with Gasteiger partial charge in [-0.2, -0.15) is 0 Å². The third-order valence-corrected chi connectivity index (χ3v) is 14.5. The molecule has 4 heteroatoms. The monoisotopic (exact) mass is 686 g/mol. The predicted molar refractivity (Wildman–Crippen MR) is 209 cm³/mol. The van der Waals surface area contributed by atoms with Gasteiger partial charge in [0.1, 0.15) is 0 Å². The van der Waals surface area contributed by atoms with Gasteiger partial charge in [-0.25, -0.2) is 0 Å². The van der Waals surface area contributed by atoms with Gasteiger partial charge in [0.2, 0.25) is 0 Å². The molecule has 49 heavy (non-hydrogen) atoms. The van der Waals surface area contributed by atoms with Crippen molar-refractivity contribution in [2.75, 3.05) is 47.1 Å². The summed E-state index contributed by atoms with van der Waals surface area (Å²) >= 11 is 0. The minimum Gasteiger partial charge on any atom is -0.380 e. The maximum atomic E-state index is 6.56. The van der Waals surface area contributed by atoms with Crippen LogP contribution in [0.1, 0.15) is 170 Å². The molecule has 4 nitrogen and oxygen atoms in total. The van der Waals surface area contributed by atoms with E-state index in [4.69, 9.17) is 14.2 Å². The van der Waals surface area contributed by atoms with Crippen molar-refractivity contribution in [1.29, 1.82) is 0 Å². The lowest BCUT2D eigenvalue weighted by Crippen LogP contribution is -2.51. The number of allylic oxidation sites excluding steroid dienone is 1. The van der Waals surface area contributed by atoms with Crippen LogP contribution in [-0.2, 0) is 14.2 Å². The maximum absolute atomic E-state index is 6.56. The van der Waals surface area contributed by atoms with Gasteiger partial charge in [-0.15, -0.1) is 0 Å². The van der Waals surface area contributed by atoms with E-state index in [1.54, 1.807) is 5.57 Å². The zero-order valence-corrected chi connectivity index (χ0v) is 34.0. The van der Waals surface area contributed by atoms with E-state index in [0.717, 1.165) is 68.5 Å². The number of hydrogen-bond acceptors (Lipinski definition) is 4. The summed E-state index contributed by atoms with van der Waals surface area (Å²) in [6, 6.07) is 0.354. The lowest BCUT2D eigenvalue weighted by molar-refractivity contribution is -0.0641. The Kier molecular flexibility index (Phi) is 17.5. The number of hydrogen-bond donors (Lipinski definition) is 0. The van der Waals surface area contributed by atoms with Gasteiger partial charge in [-0.3, -0.25) is 0 Å². The summed E-state index contributed by atoms with van der Waals surface area (Å²) in [5.41, 5.74) is 2.81. The number of unbranched alkanes of at least 4 members (excludes halogenated alkanes) is 7. The van der Waals surface area contributed by atoms with Crippen LogP contribution >= 0.6 is 0 Å². The molecule has 0 aromatic rings. The zero-order chi connectivity index (χ0) is 35.3. The molecule has 4 aliphatic rings. The summed E-state index contributed by atoms with van der Waals surface area (Å²) in [4.78, 5) is 2.24. The van der Waals surface area contributed by atoms with E-state index >= 15 is 0 Å². The minimum atomic E-state index is 0.354. The van der Waals surface area contributed by atoms with Crippen LogP contribution in [0.2, 0.25) is 0 Å². The Morgan fingerprint density at radius 2 is 1.43 bits per heavy atom. The highest BCUT2D eigenvalue weighted by Crippen LogP contribution is 2.67. The molecule has 0 aromatic heterocycles. The van der Waals surface area contributed by atoms with Crippen molar-refractivity contribution in [3.63, 3.8) is 0 Å². The molecule has 4 aliphatic carbocycles. The maximum Gasteiger partial charge on any atom is 0.0644 e. The SMILES string of the molecule is CCCCCOC[C@H](COCCCCCCCCO[C@H]1CC[C@@]2(C)C(=CC[C@H]3[C@@H]4CC[C@H]([C@H](C)CCCC(C)C)[C@@]4(C)CC[C@@H]32)C1)N(C)C. The Balaban J connectivity index is 1.08. The van der Waals surface area contributed by atoms with E-state index in [-0.39, 0.29) is 0 Å². The van der Waals surface area contributed by atoms with Crippen LogP contribution < -0.4 is 0 Å². The molecule has 0 radical (unpaired) electrons. The molecule has 4 rings (SSSR count). The topological polar surface area (TPSA) is 30.9 Å². The summed E-state index contributed by atoms with van der Waals surface area (Å²) in [7, 11) is 4.26. The number of likely N-dealkylation sites (N-methyl/N-ethyl adjacent to an activating group) is 1. The molecule has 0 bridgehead atoms. The smallest absolute Gasteiger partial charge is 0.0644 e. The number of nitrogens with zero attached hydrogens (tertiary/aromatic N) is 1. The van der Waals surface area contributed by atoms with Gasteiger partial charge in [0.25, 0.3) is 0 Å². The van der Waals surface area contributed by atoms with E-state index in [1.807, 2.05) is 0 Å². The largest absolute Gasteiger partial charge is 0.380 e. The van der Waals surface area contributed by atoms with Gasteiger partial charge in [0.15, 0.2) is 0 Å². The van der Waals surface area contributed by atoms with Crippen molar-refractivity contribution in [2.45, 2.75) is 182 Å². The molecule has 3 fully saturated rings. The van der Waals surface area contributed by atoms with Crippen molar-refractivity contribution in [1.82, 2.24) is 4.90 Å². The second-order valence-corrected chi connectivity index (χ2v) is 18.6. The van der Waals surface area contributed by atoms with Crippen molar-refractivity contribution in [3.8, 4) is 0 Å². The Morgan fingerprint density at radius 1 is 0.755 bits per heavy atom. The van der Waals surface area contributed by atoms with E-state index in [9.17, 15) is 0 Å². The molecule has 286 valence electrons. The van der Waals surface area contributed by atoms with Gasteiger partial charge in [0.05, 0.1) is 25.4 Å². The first kappa shape index (κ1) is 41.3. The number of ether oxygens (including phenoxy) is 3. The highest BCUT2D eigenvalue weighted by Gasteiger charge is 2.59. The van der Waals surface area contributed by atoms with Crippen LogP contribution in [0.4, 0.5) is 0 Å². The molecule has 0 aliphatic heterocycles. The Labute approximate surface area is 305 Å². The molecule has 0 saturated heterocycles. The van der Waals surface area contributed by atoms with Crippen LogP contribution in [0, 0.1) is 46.3 Å². The van der Waals surface area contributed by atoms with Crippen molar-refractivity contribution in [3.05, 3.63) is 11.6 Å². The third kappa shape index (κ3) is 11.5. The van der Waals surface area contributed by atoms with Crippen molar-refractivity contribution >= 4 is 0 Å². The zero-order valence-electron chi connectivity index (χ0n) is 34.0. The summed E-state index contributed by atoms with van der Waals surface area (Å²) in [6.45, 7) is 19.3. The quantitative estimate of drug-likeness (QED) is 0.0747. The molecular weight excluding hydrogens is 602 g/mol. The normalized spacial score (nSPS) is 32.5. The van der Waals surface area contributed by atoms with E-state index in [2.05, 4.69) is 66.6 Å². The highest BCUT2D eigenvalue weighted by atomic mass is 16.5. The minimum absolute atomic E-state index is 0.354. The molecule has 0 unspecified atom stereocenters. The van der Waals surface area contributed by atoms with Crippen molar-refractivity contribution < 1.29 is 14.2 Å². The Hall–Kier alpha value is -0.420. The number of fused-ring (bicyclic) bond motifs is 5. The van der Waals surface area contributed by atoms with E-state index in [1.165, 1.54) is 128 Å². The second-order valence-electron chi connectivity index (χ2n) is 18.6. The van der Waals surface area contributed by atoms with Crippen LogP contribution in [0.3, 0.4) is 0 Å². The van der Waals surface area contributed by atoms with Crippen LogP contribution in [0.5, 0.6) is 0 Å². The summed E-state index contributed by atoms with van der Waals surface area (Å²) in [5, 5.41) is 0. The Bertz CT molecular complexity index is 948. The van der Waals surface area contributed by atoms with Gasteiger partial charge in [-0.05, 0) is 131 Å². The first-order valence-electron chi connectivity index (χ1n) is 21.7. The predicted octanol–water partition coefficient (Wildman–Crippen LogP) is 11.9. The second kappa shape index (κ2) is 20.7. The lowest BCUT2D eigenvalue weighted by Gasteiger charge is -2.58. The first-order chi connectivity index (χ1) is 23.6. The molecule has 0 N–H and O–H groups in total. The number of rotatable bonds is 24. The molecular formula is C45H83NO3. The average Bonchev–Trinajstić information content (AvgIpc) is 3.43. The van der Waals surface area contributed by atoms with E-state index < -0.39 is 0 Å². The molecule has 0 heterocycles. The fourth-order valence-electron chi connectivity index (χ4n) is 11.3. The highest BCUT2D eigenvalue weighted by molar-refractivity contribution is 5.25. The van der Waals surface area contributed by atoms with Gasteiger partial charge >= 0.3 is 0 Å². The molecule has 0 aromatic carbocycles. The van der Waals surface area contributed by atoms with Crippen LogP contribution in [0.25, 0.3) is 0 Å². The molecule has 0 amide bonds. The lowest BCUT2D eigenvalue weighted by atomic mass is 9.47. The fourth-order valence-corrected chi connectivity index (χ4v) is 11.3.